The molecule has 1 heterocycles. The quantitative estimate of drug-likeness (QED) is 0.142. The number of aromatic nitrogens is 1. The summed E-state index contributed by atoms with van der Waals surface area (Å²) in [6, 6.07) is 9.49. The van der Waals surface area contributed by atoms with Crippen LogP contribution in [0.4, 0.5) is 42.1 Å². The number of hydrogen-bond acceptors (Lipinski definition) is 4. The van der Waals surface area contributed by atoms with Gasteiger partial charge < -0.3 is 10.6 Å². The van der Waals surface area contributed by atoms with Gasteiger partial charge in [-0.2, -0.15) is 30.7 Å². The van der Waals surface area contributed by atoms with Gasteiger partial charge in [0.1, 0.15) is 5.15 Å². The van der Waals surface area contributed by atoms with Gasteiger partial charge in [-0.25, -0.2) is 4.98 Å². The third-order valence-corrected chi connectivity index (χ3v) is 8.72. The first kappa shape index (κ1) is 31.6. The monoisotopic (exact) mass is 785 g/mol. The van der Waals surface area contributed by atoms with Crippen LogP contribution in [0.15, 0.2) is 67.0 Å². The molecule has 0 aliphatic rings. The molecule has 0 bridgehead atoms. The molecule has 0 radical (unpaired) electrons. The lowest BCUT2D eigenvalue weighted by Crippen LogP contribution is -2.50. The van der Waals surface area contributed by atoms with Crippen molar-refractivity contribution in [3.05, 3.63) is 78.4 Å². The highest BCUT2D eigenvalue weighted by Crippen LogP contribution is 2.57. The maximum atomic E-state index is 14.1. The molecular formula is C22H10Br3ClF7N3O2S. The lowest BCUT2D eigenvalue weighted by molar-refractivity contribution is -0.330. The predicted octanol–water partition coefficient (Wildman–Crippen LogP) is 9.41. The molecule has 2 N–H and O–H groups in total. The summed E-state index contributed by atoms with van der Waals surface area (Å²) in [6.07, 6.45) is -5.13. The molecule has 5 nitrogen and oxygen atoms in total. The zero-order chi connectivity index (χ0) is 29.3. The number of rotatable bonds is 7. The van der Waals surface area contributed by atoms with Crippen LogP contribution in [-0.4, -0.2) is 34.2 Å². The molecule has 2 amide bonds. The standard InChI is InChI=1S/C22H10Br3ClF7N3O2S/c23-12-8-13(24)16(39-22(32,33)20(27,28)21(29,30)31)14(25)15(12)36-18(37)9-3-1-4-10(7-9)35-19(38)11-5-2-6-34-17(11)26/h1-8H,(H,35,38)(H,36,37). The fraction of sp³-hybridized carbons (Fsp3) is 0.136. The highest BCUT2D eigenvalue weighted by atomic mass is 79.9. The highest BCUT2D eigenvalue weighted by Gasteiger charge is 2.73. The first-order chi connectivity index (χ1) is 18.0. The van der Waals surface area contributed by atoms with E-state index in [1.54, 1.807) is 0 Å². The predicted molar refractivity (Wildman–Crippen MR) is 143 cm³/mol. The summed E-state index contributed by atoms with van der Waals surface area (Å²) < 4.78 is 92.4. The van der Waals surface area contributed by atoms with Gasteiger partial charge in [0.2, 0.25) is 0 Å². The van der Waals surface area contributed by atoms with Gasteiger partial charge in [0.25, 0.3) is 11.8 Å². The van der Waals surface area contributed by atoms with E-state index >= 15 is 0 Å². The van der Waals surface area contributed by atoms with Crippen molar-refractivity contribution in [1.82, 2.24) is 4.98 Å². The van der Waals surface area contributed by atoms with Gasteiger partial charge in [-0.1, -0.05) is 17.7 Å². The second kappa shape index (κ2) is 11.9. The van der Waals surface area contributed by atoms with E-state index in [1.165, 1.54) is 42.6 Å². The van der Waals surface area contributed by atoms with Gasteiger partial charge in [-0.15, -0.1) is 0 Å². The van der Waals surface area contributed by atoms with Crippen LogP contribution in [0.25, 0.3) is 0 Å². The van der Waals surface area contributed by atoms with Crippen molar-refractivity contribution in [1.29, 1.82) is 0 Å². The van der Waals surface area contributed by atoms with Crippen LogP contribution >= 0.6 is 71.2 Å². The first-order valence-corrected chi connectivity index (χ1v) is 13.6. The van der Waals surface area contributed by atoms with E-state index in [1.807, 2.05) is 0 Å². The van der Waals surface area contributed by atoms with Crippen molar-refractivity contribution in [3.63, 3.8) is 0 Å². The van der Waals surface area contributed by atoms with Gasteiger partial charge in [0.05, 0.1) is 15.7 Å². The second-order valence-corrected chi connectivity index (χ2v) is 11.4. The Bertz CT molecular complexity index is 1440. The maximum Gasteiger partial charge on any atom is 0.460 e. The minimum Gasteiger partial charge on any atom is -0.322 e. The fourth-order valence-corrected chi connectivity index (χ4v) is 6.67. The molecule has 17 heteroatoms. The van der Waals surface area contributed by atoms with Gasteiger partial charge in [0.15, 0.2) is 0 Å². The van der Waals surface area contributed by atoms with E-state index in [0.29, 0.717) is 0 Å². The Morgan fingerprint density at radius 2 is 1.54 bits per heavy atom. The van der Waals surface area contributed by atoms with Crippen LogP contribution in [0.1, 0.15) is 20.7 Å². The van der Waals surface area contributed by atoms with Crippen molar-refractivity contribution in [3.8, 4) is 0 Å². The van der Waals surface area contributed by atoms with Crippen LogP contribution in [0.3, 0.4) is 0 Å². The van der Waals surface area contributed by atoms with Crippen molar-refractivity contribution in [2.75, 3.05) is 10.6 Å². The van der Waals surface area contributed by atoms with E-state index in [9.17, 15) is 40.3 Å². The summed E-state index contributed by atoms with van der Waals surface area (Å²) in [5, 5.41) is -0.752. The van der Waals surface area contributed by atoms with E-state index in [4.69, 9.17) is 11.6 Å². The molecule has 0 fully saturated rings. The topological polar surface area (TPSA) is 71.1 Å². The van der Waals surface area contributed by atoms with Gasteiger partial charge in [-0.3, -0.25) is 9.59 Å². The van der Waals surface area contributed by atoms with Crippen LogP contribution in [0.5, 0.6) is 0 Å². The zero-order valence-corrected chi connectivity index (χ0v) is 24.8. The minimum atomic E-state index is -6.52. The van der Waals surface area contributed by atoms with Crippen LogP contribution < -0.4 is 10.6 Å². The molecule has 0 atom stereocenters. The number of carbonyl (C=O) groups excluding carboxylic acids is 2. The third-order valence-electron chi connectivity index (χ3n) is 4.70. The first-order valence-electron chi connectivity index (χ1n) is 9.98. The lowest BCUT2D eigenvalue weighted by atomic mass is 10.1. The SMILES string of the molecule is O=C(Nc1c(Br)cc(Br)c(SC(F)(F)C(F)(F)C(F)(F)F)c1Br)c1cccc(NC(=O)c2cccnc2Cl)c1. The highest BCUT2D eigenvalue weighted by molar-refractivity contribution is 9.11. The average molecular weight is 789 g/mol. The number of nitrogens with one attached hydrogen (secondary N) is 2. The number of benzene rings is 2. The molecule has 2 aromatic carbocycles. The molecule has 39 heavy (non-hydrogen) atoms. The van der Waals surface area contributed by atoms with Gasteiger partial charge in [0, 0.05) is 31.3 Å². The number of anilines is 2. The van der Waals surface area contributed by atoms with Crippen LogP contribution in [-0.2, 0) is 0 Å². The third kappa shape index (κ3) is 6.89. The Balaban J connectivity index is 1.88. The van der Waals surface area contributed by atoms with Crippen molar-refractivity contribution in [2.45, 2.75) is 22.2 Å². The van der Waals surface area contributed by atoms with Gasteiger partial charge in [-0.05, 0) is 95.9 Å². The van der Waals surface area contributed by atoms with E-state index in [0.717, 1.165) is 6.07 Å². The number of halogens is 11. The maximum absolute atomic E-state index is 14.1. The number of nitrogens with zero attached hydrogens (tertiary/aromatic N) is 1. The fourth-order valence-electron chi connectivity index (χ4n) is 2.82. The molecule has 3 rings (SSSR count). The number of amides is 2. The molecule has 0 aliphatic heterocycles. The summed E-state index contributed by atoms with van der Waals surface area (Å²) in [6.45, 7) is 0. The molecule has 1 aromatic heterocycles. The smallest absolute Gasteiger partial charge is 0.322 e. The van der Waals surface area contributed by atoms with E-state index in [-0.39, 0.29) is 36.6 Å². The van der Waals surface area contributed by atoms with Gasteiger partial charge >= 0.3 is 17.4 Å². The Morgan fingerprint density at radius 1 is 0.872 bits per heavy atom. The number of carbonyl (C=O) groups is 2. The summed E-state index contributed by atoms with van der Waals surface area (Å²) in [4.78, 5) is 28.4. The molecule has 0 aliphatic carbocycles. The largest absolute Gasteiger partial charge is 0.460 e. The summed E-state index contributed by atoms with van der Waals surface area (Å²) in [5.74, 6) is -7.81. The van der Waals surface area contributed by atoms with E-state index in [2.05, 4.69) is 63.4 Å². The molecule has 0 unspecified atom stereocenters. The van der Waals surface area contributed by atoms with Crippen molar-refractivity contribution in [2.24, 2.45) is 0 Å². The Hall–Kier alpha value is -1.88. The second-order valence-electron chi connectivity index (χ2n) is 7.38. The molecule has 0 saturated heterocycles. The zero-order valence-electron chi connectivity index (χ0n) is 18.4. The average Bonchev–Trinajstić information content (AvgIpc) is 2.84. The van der Waals surface area contributed by atoms with Crippen LogP contribution in [0.2, 0.25) is 5.15 Å². The Labute approximate surface area is 249 Å². The molecule has 208 valence electrons. The number of alkyl halides is 7. The Kier molecular flexibility index (Phi) is 9.68. The lowest BCUT2D eigenvalue weighted by Gasteiger charge is -2.28. The number of pyridine rings is 1. The number of hydrogen-bond donors (Lipinski definition) is 2. The minimum absolute atomic E-state index is 0.0325. The summed E-state index contributed by atoms with van der Waals surface area (Å²) in [7, 11) is 0. The molecular weight excluding hydrogens is 778 g/mol. The Morgan fingerprint density at radius 3 is 2.15 bits per heavy atom. The molecule has 0 spiro atoms. The summed E-state index contributed by atoms with van der Waals surface area (Å²) in [5.41, 5.74) is -0.0372. The van der Waals surface area contributed by atoms with E-state index < -0.39 is 50.3 Å². The summed E-state index contributed by atoms with van der Waals surface area (Å²) >= 11 is 13.7. The normalized spacial score (nSPS) is 12.3. The number of thioether (sulfide) groups is 1. The molecule has 0 saturated carbocycles. The van der Waals surface area contributed by atoms with Crippen LogP contribution in [0, 0.1) is 0 Å². The molecule has 3 aromatic rings. The van der Waals surface area contributed by atoms with Crippen molar-refractivity contribution >= 4 is 94.3 Å². The van der Waals surface area contributed by atoms with Crippen molar-refractivity contribution < 1.29 is 40.3 Å².